The molecule has 1 aromatic rings. The third kappa shape index (κ3) is 2.30. The van der Waals surface area contributed by atoms with Gasteiger partial charge < -0.3 is 10.1 Å². The van der Waals surface area contributed by atoms with Crippen molar-refractivity contribution in [1.82, 2.24) is 5.32 Å². The normalized spacial score (nSPS) is 18.5. The third-order valence-corrected chi connectivity index (χ3v) is 2.97. The highest BCUT2D eigenvalue weighted by molar-refractivity contribution is 6.04. The highest BCUT2D eigenvalue weighted by Crippen LogP contribution is 2.25. The molecule has 1 atom stereocenters. The second-order valence-electron chi connectivity index (χ2n) is 4.18. The lowest BCUT2D eigenvalue weighted by atomic mass is 9.87. The minimum Gasteiger partial charge on any atom is -0.497 e. The number of Topliss-reactive ketones (excluding diaryl/α,β-unsaturated/α-hetero) is 1. The number of ketones is 1. The van der Waals surface area contributed by atoms with Crippen molar-refractivity contribution in [1.29, 1.82) is 0 Å². The van der Waals surface area contributed by atoms with Crippen molar-refractivity contribution in [3.8, 4) is 5.75 Å². The summed E-state index contributed by atoms with van der Waals surface area (Å²) in [6.45, 7) is 1.43. The fraction of sp³-hybridized carbons (Fsp3) is 0.385. The molecule has 1 amide bonds. The van der Waals surface area contributed by atoms with Crippen LogP contribution in [0.5, 0.6) is 5.75 Å². The van der Waals surface area contributed by atoms with Crippen molar-refractivity contribution in [3.05, 3.63) is 29.3 Å². The number of ether oxygens (including phenoxy) is 1. The number of fused-ring (bicyclic) bond motifs is 1. The molecule has 0 unspecified atom stereocenters. The molecule has 90 valence electrons. The zero-order valence-electron chi connectivity index (χ0n) is 9.95. The Balaban J connectivity index is 2.27. The predicted molar refractivity (Wildman–Crippen MR) is 63.3 cm³/mol. The van der Waals surface area contributed by atoms with Gasteiger partial charge in [0.05, 0.1) is 13.2 Å². The van der Waals surface area contributed by atoms with E-state index >= 15 is 0 Å². The number of amides is 1. The summed E-state index contributed by atoms with van der Waals surface area (Å²) in [5.41, 5.74) is 1.69. The van der Waals surface area contributed by atoms with Gasteiger partial charge in [-0.25, -0.2) is 0 Å². The van der Waals surface area contributed by atoms with Gasteiger partial charge in [-0.15, -0.1) is 0 Å². The topological polar surface area (TPSA) is 55.4 Å². The summed E-state index contributed by atoms with van der Waals surface area (Å²) >= 11 is 0. The molecule has 1 aromatic carbocycles. The summed E-state index contributed by atoms with van der Waals surface area (Å²) in [5, 5.41) is 2.68. The van der Waals surface area contributed by atoms with Gasteiger partial charge in [0.15, 0.2) is 5.78 Å². The molecular weight excluding hydrogens is 218 g/mol. The van der Waals surface area contributed by atoms with Crippen molar-refractivity contribution in [2.24, 2.45) is 0 Å². The van der Waals surface area contributed by atoms with Crippen molar-refractivity contribution in [2.45, 2.75) is 25.8 Å². The molecule has 4 heteroatoms. The standard InChI is InChI=1S/C13H15NO3/c1-8(15)14-12-6-3-9-7-10(17-2)4-5-11(9)13(12)16/h4-5,7,12H,3,6H2,1-2H3,(H,14,15)/t12-/m0/s1. The maximum atomic E-state index is 12.1. The Morgan fingerprint density at radius 1 is 1.47 bits per heavy atom. The van der Waals surface area contributed by atoms with E-state index in [1.807, 2.05) is 6.07 Å². The number of rotatable bonds is 2. The highest BCUT2D eigenvalue weighted by atomic mass is 16.5. The van der Waals surface area contributed by atoms with Crippen LogP contribution in [-0.4, -0.2) is 24.8 Å². The SMILES string of the molecule is COc1ccc2c(c1)CC[C@H](NC(C)=O)C2=O. The lowest BCUT2D eigenvalue weighted by molar-refractivity contribution is -0.119. The molecular formula is C13H15NO3. The van der Waals surface area contributed by atoms with Gasteiger partial charge in [0.25, 0.3) is 0 Å². The molecule has 0 bridgehead atoms. The van der Waals surface area contributed by atoms with Crippen LogP contribution in [0, 0.1) is 0 Å². The van der Waals surface area contributed by atoms with E-state index in [4.69, 9.17) is 4.74 Å². The summed E-state index contributed by atoms with van der Waals surface area (Å²) in [6, 6.07) is 5.04. The van der Waals surface area contributed by atoms with E-state index in [0.29, 0.717) is 12.0 Å². The van der Waals surface area contributed by atoms with Crippen LogP contribution >= 0.6 is 0 Å². The van der Waals surface area contributed by atoms with Crippen LogP contribution in [0.1, 0.15) is 29.3 Å². The van der Waals surface area contributed by atoms with Crippen LogP contribution in [0.25, 0.3) is 0 Å². The molecule has 0 heterocycles. The van der Waals surface area contributed by atoms with Crippen molar-refractivity contribution in [3.63, 3.8) is 0 Å². The first-order valence-electron chi connectivity index (χ1n) is 5.60. The van der Waals surface area contributed by atoms with Gasteiger partial charge in [0.2, 0.25) is 5.91 Å². The number of nitrogens with one attached hydrogen (secondary N) is 1. The monoisotopic (exact) mass is 233 g/mol. The molecule has 4 nitrogen and oxygen atoms in total. The molecule has 0 aliphatic heterocycles. The van der Waals surface area contributed by atoms with Gasteiger partial charge in [-0.1, -0.05) is 0 Å². The van der Waals surface area contributed by atoms with E-state index < -0.39 is 0 Å². The molecule has 1 aliphatic rings. The second kappa shape index (κ2) is 4.57. The summed E-state index contributed by atoms with van der Waals surface area (Å²) < 4.78 is 5.13. The number of hydrogen-bond donors (Lipinski definition) is 1. The average molecular weight is 233 g/mol. The number of carbonyl (C=O) groups is 2. The predicted octanol–water partition coefficient (Wildman–Crippen LogP) is 1.33. The van der Waals surface area contributed by atoms with Gasteiger partial charge in [0, 0.05) is 12.5 Å². The Kier molecular flexibility index (Phi) is 3.13. The fourth-order valence-electron chi connectivity index (χ4n) is 2.15. The van der Waals surface area contributed by atoms with Crippen LogP contribution in [0.15, 0.2) is 18.2 Å². The summed E-state index contributed by atoms with van der Waals surface area (Å²) in [7, 11) is 1.60. The minimum atomic E-state index is -0.381. The summed E-state index contributed by atoms with van der Waals surface area (Å²) in [4.78, 5) is 23.1. The molecule has 1 aliphatic carbocycles. The molecule has 0 fully saturated rings. The number of benzene rings is 1. The molecule has 0 saturated carbocycles. The first-order chi connectivity index (χ1) is 8.11. The summed E-state index contributed by atoms with van der Waals surface area (Å²) in [6.07, 6.45) is 1.43. The van der Waals surface area contributed by atoms with Crippen LogP contribution in [0.2, 0.25) is 0 Å². The molecule has 0 spiro atoms. The van der Waals surface area contributed by atoms with Gasteiger partial charge in [0.1, 0.15) is 5.75 Å². The van der Waals surface area contributed by atoms with Gasteiger partial charge in [-0.05, 0) is 36.6 Å². The van der Waals surface area contributed by atoms with Crippen LogP contribution < -0.4 is 10.1 Å². The first-order valence-corrected chi connectivity index (χ1v) is 5.60. The highest BCUT2D eigenvalue weighted by Gasteiger charge is 2.27. The Morgan fingerprint density at radius 2 is 2.24 bits per heavy atom. The fourth-order valence-corrected chi connectivity index (χ4v) is 2.15. The molecule has 0 aromatic heterocycles. The largest absolute Gasteiger partial charge is 0.497 e. The van der Waals surface area contributed by atoms with Crippen molar-refractivity contribution >= 4 is 11.7 Å². The first kappa shape index (κ1) is 11.6. The van der Waals surface area contributed by atoms with E-state index in [9.17, 15) is 9.59 Å². The van der Waals surface area contributed by atoms with E-state index in [1.54, 1.807) is 19.2 Å². The maximum absolute atomic E-state index is 12.1. The molecule has 0 radical (unpaired) electrons. The zero-order valence-corrected chi connectivity index (χ0v) is 9.95. The molecule has 0 saturated heterocycles. The molecule has 1 N–H and O–H groups in total. The Morgan fingerprint density at radius 3 is 2.88 bits per heavy atom. The Bertz CT molecular complexity index is 468. The van der Waals surface area contributed by atoms with Gasteiger partial charge in [-0.3, -0.25) is 9.59 Å². The average Bonchev–Trinajstić information content (AvgIpc) is 2.32. The van der Waals surface area contributed by atoms with Gasteiger partial charge in [-0.2, -0.15) is 0 Å². The minimum absolute atomic E-state index is 0.0101. The van der Waals surface area contributed by atoms with Crippen LogP contribution in [-0.2, 0) is 11.2 Å². The third-order valence-electron chi connectivity index (χ3n) is 2.97. The van der Waals surface area contributed by atoms with E-state index in [2.05, 4.69) is 5.32 Å². The van der Waals surface area contributed by atoms with Gasteiger partial charge >= 0.3 is 0 Å². The van der Waals surface area contributed by atoms with Crippen LogP contribution in [0.3, 0.4) is 0 Å². The number of hydrogen-bond acceptors (Lipinski definition) is 3. The van der Waals surface area contributed by atoms with Crippen LogP contribution in [0.4, 0.5) is 0 Å². The molecule has 2 rings (SSSR count). The quantitative estimate of drug-likeness (QED) is 0.838. The lowest BCUT2D eigenvalue weighted by Gasteiger charge is -2.24. The van der Waals surface area contributed by atoms with E-state index in [-0.39, 0.29) is 17.7 Å². The zero-order chi connectivity index (χ0) is 12.4. The number of methoxy groups -OCH3 is 1. The summed E-state index contributed by atoms with van der Waals surface area (Å²) in [5.74, 6) is 0.582. The smallest absolute Gasteiger partial charge is 0.217 e. The number of carbonyl (C=O) groups excluding carboxylic acids is 2. The number of aryl methyl sites for hydroxylation is 1. The van der Waals surface area contributed by atoms with E-state index in [1.165, 1.54) is 6.92 Å². The van der Waals surface area contributed by atoms with Crippen molar-refractivity contribution < 1.29 is 14.3 Å². The lowest BCUT2D eigenvalue weighted by Crippen LogP contribution is -2.42. The second-order valence-corrected chi connectivity index (χ2v) is 4.18. The Hall–Kier alpha value is -1.84. The Labute approximate surface area is 100.0 Å². The maximum Gasteiger partial charge on any atom is 0.217 e. The van der Waals surface area contributed by atoms with E-state index in [0.717, 1.165) is 17.7 Å². The molecule has 17 heavy (non-hydrogen) atoms. The van der Waals surface area contributed by atoms with Crippen molar-refractivity contribution in [2.75, 3.05) is 7.11 Å².